The smallest absolute Gasteiger partial charge is 0.341 e. The number of aromatic amines is 1. The summed E-state index contributed by atoms with van der Waals surface area (Å²) < 4.78 is 51.7. The summed E-state index contributed by atoms with van der Waals surface area (Å²) >= 11 is 0. The molecular weight excluding hydrogens is 323 g/mol. The molecule has 24 heavy (non-hydrogen) atoms. The van der Waals surface area contributed by atoms with E-state index in [0.717, 1.165) is 18.2 Å². The van der Waals surface area contributed by atoms with E-state index in [1.54, 1.807) is 6.92 Å². The van der Waals surface area contributed by atoms with Crippen molar-refractivity contribution in [2.24, 2.45) is 0 Å². The minimum absolute atomic E-state index is 0.00953. The third-order valence-electron chi connectivity index (χ3n) is 3.35. The van der Waals surface area contributed by atoms with Gasteiger partial charge in [-0.05, 0) is 31.2 Å². The molecule has 0 aliphatic rings. The SMILES string of the molecule is CCOC(=O)c1ccc(F)cc1Oc1cc2cc[nH]c2c(F)c1F. The Bertz CT molecular complexity index is 921. The van der Waals surface area contributed by atoms with E-state index in [-0.39, 0.29) is 23.4 Å². The normalized spacial score (nSPS) is 10.8. The van der Waals surface area contributed by atoms with Crippen LogP contribution in [0, 0.1) is 17.5 Å². The molecule has 0 fully saturated rings. The molecule has 3 rings (SSSR count). The summed E-state index contributed by atoms with van der Waals surface area (Å²) in [5.74, 6) is -4.54. The van der Waals surface area contributed by atoms with Crippen molar-refractivity contribution in [2.75, 3.05) is 6.61 Å². The predicted octanol–water partition coefficient (Wildman–Crippen LogP) is 4.55. The summed E-state index contributed by atoms with van der Waals surface area (Å²) in [5, 5.41) is 0.373. The lowest BCUT2D eigenvalue weighted by Crippen LogP contribution is -2.07. The molecule has 4 nitrogen and oxygen atoms in total. The van der Waals surface area contributed by atoms with Gasteiger partial charge in [-0.15, -0.1) is 0 Å². The molecule has 0 amide bonds. The van der Waals surface area contributed by atoms with Crippen molar-refractivity contribution in [2.45, 2.75) is 6.92 Å². The number of aromatic nitrogens is 1. The van der Waals surface area contributed by atoms with E-state index >= 15 is 0 Å². The molecule has 7 heteroatoms. The number of H-pyrrole nitrogens is 1. The molecule has 2 aromatic carbocycles. The second-order valence-corrected chi connectivity index (χ2v) is 4.91. The lowest BCUT2D eigenvalue weighted by molar-refractivity contribution is 0.0523. The van der Waals surface area contributed by atoms with Crippen LogP contribution in [-0.2, 0) is 4.74 Å². The van der Waals surface area contributed by atoms with Crippen LogP contribution in [0.4, 0.5) is 13.2 Å². The van der Waals surface area contributed by atoms with E-state index in [4.69, 9.17) is 9.47 Å². The van der Waals surface area contributed by atoms with Crippen LogP contribution in [0.25, 0.3) is 10.9 Å². The zero-order chi connectivity index (χ0) is 17.3. The first kappa shape index (κ1) is 15.9. The fourth-order valence-electron chi connectivity index (χ4n) is 2.27. The van der Waals surface area contributed by atoms with E-state index in [9.17, 15) is 18.0 Å². The van der Waals surface area contributed by atoms with Crippen molar-refractivity contribution in [3.05, 3.63) is 59.5 Å². The number of rotatable bonds is 4. The molecule has 1 N–H and O–H groups in total. The van der Waals surface area contributed by atoms with Crippen molar-refractivity contribution in [1.29, 1.82) is 0 Å². The number of ether oxygens (including phenoxy) is 2. The lowest BCUT2D eigenvalue weighted by atomic mass is 10.2. The molecule has 0 aliphatic heterocycles. The molecule has 0 unspecified atom stereocenters. The van der Waals surface area contributed by atoms with Crippen molar-refractivity contribution < 1.29 is 27.4 Å². The van der Waals surface area contributed by atoms with Gasteiger partial charge in [0.1, 0.15) is 17.1 Å². The molecule has 0 aliphatic carbocycles. The molecule has 0 bridgehead atoms. The van der Waals surface area contributed by atoms with Gasteiger partial charge in [0.25, 0.3) is 0 Å². The van der Waals surface area contributed by atoms with Crippen LogP contribution in [0.5, 0.6) is 11.5 Å². The highest BCUT2D eigenvalue weighted by atomic mass is 19.2. The number of hydrogen-bond donors (Lipinski definition) is 1. The Kier molecular flexibility index (Phi) is 4.16. The minimum Gasteiger partial charge on any atom is -0.462 e. The lowest BCUT2D eigenvalue weighted by Gasteiger charge is -2.12. The number of benzene rings is 2. The molecular formula is C17H12F3NO3. The maximum absolute atomic E-state index is 14.1. The van der Waals surface area contributed by atoms with E-state index < -0.39 is 29.2 Å². The number of carbonyl (C=O) groups excluding carboxylic acids is 1. The molecule has 1 aromatic heterocycles. The third-order valence-corrected chi connectivity index (χ3v) is 3.35. The topological polar surface area (TPSA) is 51.3 Å². The fraction of sp³-hybridized carbons (Fsp3) is 0.118. The maximum atomic E-state index is 14.1. The monoisotopic (exact) mass is 335 g/mol. The van der Waals surface area contributed by atoms with Crippen LogP contribution in [0.15, 0.2) is 36.5 Å². The second-order valence-electron chi connectivity index (χ2n) is 4.91. The van der Waals surface area contributed by atoms with Gasteiger partial charge in [0.05, 0.1) is 12.1 Å². The standard InChI is InChI=1S/C17H12F3NO3/c1-2-23-17(22)11-4-3-10(18)8-12(11)24-13-7-9-5-6-21-16(9)15(20)14(13)19/h3-8,21H,2H2,1H3. The highest BCUT2D eigenvalue weighted by molar-refractivity contribution is 5.92. The molecule has 0 saturated heterocycles. The second kappa shape index (κ2) is 6.27. The number of carbonyl (C=O) groups is 1. The summed E-state index contributed by atoms with van der Waals surface area (Å²) in [5.41, 5.74) is -0.100. The van der Waals surface area contributed by atoms with Gasteiger partial charge in [0.2, 0.25) is 5.82 Å². The first-order valence-corrected chi connectivity index (χ1v) is 7.11. The van der Waals surface area contributed by atoms with Crippen LogP contribution in [0.1, 0.15) is 17.3 Å². The first-order valence-electron chi connectivity index (χ1n) is 7.11. The largest absolute Gasteiger partial charge is 0.462 e. The van der Waals surface area contributed by atoms with Gasteiger partial charge in [-0.1, -0.05) is 0 Å². The average molecular weight is 335 g/mol. The Morgan fingerprint density at radius 3 is 2.62 bits per heavy atom. The van der Waals surface area contributed by atoms with Gasteiger partial charge in [0, 0.05) is 17.6 Å². The number of nitrogens with one attached hydrogen (secondary N) is 1. The molecule has 1 heterocycles. The van der Waals surface area contributed by atoms with Crippen LogP contribution in [-0.4, -0.2) is 17.6 Å². The van der Waals surface area contributed by atoms with E-state index in [1.165, 1.54) is 18.3 Å². The van der Waals surface area contributed by atoms with Gasteiger partial charge >= 0.3 is 5.97 Å². The van der Waals surface area contributed by atoms with Gasteiger partial charge in [0.15, 0.2) is 11.6 Å². The number of fused-ring (bicyclic) bond motifs is 1. The predicted molar refractivity (Wildman–Crippen MR) is 80.6 cm³/mol. The average Bonchev–Trinajstić information content (AvgIpc) is 3.01. The molecule has 0 spiro atoms. The summed E-state index contributed by atoms with van der Waals surface area (Å²) in [4.78, 5) is 14.5. The Hall–Kier alpha value is -2.96. The van der Waals surface area contributed by atoms with Crippen LogP contribution in [0.2, 0.25) is 0 Å². The molecule has 124 valence electrons. The minimum atomic E-state index is -1.25. The summed E-state index contributed by atoms with van der Waals surface area (Å²) in [6.45, 7) is 1.71. The van der Waals surface area contributed by atoms with E-state index in [1.807, 2.05) is 0 Å². The highest BCUT2D eigenvalue weighted by Crippen LogP contribution is 2.33. The van der Waals surface area contributed by atoms with Crippen molar-refractivity contribution in [3.8, 4) is 11.5 Å². The number of hydrogen-bond acceptors (Lipinski definition) is 3. The third kappa shape index (κ3) is 2.80. The summed E-state index contributed by atoms with van der Waals surface area (Å²) in [6, 6.07) is 5.90. The van der Waals surface area contributed by atoms with Crippen LogP contribution < -0.4 is 4.74 Å². The number of esters is 1. The molecule has 3 aromatic rings. The van der Waals surface area contributed by atoms with Crippen molar-refractivity contribution in [1.82, 2.24) is 4.98 Å². The van der Waals surface area contributed by atoms with Gasteiger partial charge in [-0.3, -0.25) is 0 Å². The number of halogens is 3. The van der Waals surface area contributed by atoms with Crippen LogP contribution in [0.3, 0.4) is 0 Å². The first-order chi connectivity index (χ1) is 11.5. The zero-order valence-corrected chi connectivity index (χ0v) is 12.5. The van der Waals surface area contributed by atoms with E-state index in [0.29, 0.717) is 5.39 Å². The molecule has 0 radical (unpaired) electrons. The van der Waals surface area contributed by atoms with Crippen molar-refractivity contribution >= 4 is 16.9 Å². The highest BCUT2D eigenvalue weighted by Gasteiger charge is 2.20. The Labute approximate surface area is 134 Å². The maximum Gasteiger partial charge on any atom is 0.341 e. The molecule has 0 saturated carbocycles. The Morgan fingerprint density at radius 1 is 1.08 bits per heavy atom. The van der Waals surface area contributed by atoms with Gasteiger partial charge < -0.3 is 14.5 Å². The molecule has 0 atom stereocenters. The van der Waals surface area contributed by atoms with Gasteiger partial charge in [-0.25, -0.2) is 13.6 Å². The summed E-state index contributed by atoms with van der Waals surface area (Å²) in [7, 11) is 0. The van der Waals surface area contributed by atoms with E-state index in [2.05, 4.69) is 4.98 Å². The fourth-order valence-corrected chi connectivity index (χ4v) is 2.27. The summed E-state index contributed by atoms with van der Waals surface area (Å²) in [6.07, 6.45) is 1.45. The van der Waals surface area contributed by atoms with Crippen LogP contribution >= 0.6 is 0 Å². The quantitative estimate of drug-likeness (QED) is 0.712. The van der Waals surface area contributed by atoms with Gasteiger partial charge in [-0.2, -0.15) is 4.39 Å². The Balaban J connectivity index is 2.06. The Morgan fingerprint density at radius 2 is 1.88 bits per heavy atom. The zero-order valence-electron chi connectivity index (χ0n) is 12.5. The van der Waals surface area contributed by atoms with Crippen molar-refractivity contribution in [3.63, 3.8) is 0 Å².